The van der Waals surface area contributed by atoms with Crippen LogP contribution in [0, 0.1) is 5.92 Å². The third kappa shape index (κ3) is 10.7. The average Bonchev–Trinajstić information content (AvgIpc) is 3.37. The highest BCUT2D eigenvalue weighted by atomic mass is 16.7. The van der Waals surface area contributed by atoms with E-state index in [2.05, 4.69) is 21.1 Å². The molecule has 1 fully saturated rings. The molecule has 0 spiro atoms. The summed E-state index contributed by atoms with van der Waals surface area (Å²) in [6, 6.07) is 3.92. The first kappa shape index (κ1) is 39.3. The van der Waals surface area contributed by atoms with E-state index >= 15 is 0 Å². The van der Waals surface area contributed by atoms with Crippen molar-refractivity contribution in [3.63, 3.8) is 0 Å². The molecule has 0 aromatic heterocycles. The first-order valence-corrected chi connectivity index (χ1v) is 15.0. The number of hydrogen-bond donors (Lipinski definition) is 8. The molecule has 1 aromatic carbocycles. The van der Waals surface area contributed by atoms with Gasteiger partial charge in [-0.05, 0) is 17.7 Å². The van der Waals surface area contributed by atoms with Gasteiger partial charge in [0.15, 0.2) is 17.7 Å². The summed E-state index contributed by atoms with van der Waals surface area (Å²) >= 11 is 0. The van der Waals surface area contributed by atoms with Crippen molar-refractivity contribution in [2.75, 3.05) is 5.32 Å². The van der Waals surface area contributed by atoms with Gasteiger partial charge in [-0.3, -0.25) is 33.6 Å². The molecule has 6 amide bonds. The summed E-state index contributed by atoms with van der Waals surface area (Å²) in [5.41, 5.74) is 0.171. The number of benzene rings is 1. The van der Waals surface area contributed by atoms with E-state index in [4.69, 9.17) is 14.2 Å². The smallest absolute Gasteiger partial charge is 0.355 e. The van der Waals surface area contributed by atoms with Gasteiger partial charge in [-0.2, -0.15) is 0 Å². The van der Waals surface area contributed by atoms with Crippen LogP contribution in [0.5, 0.6) is 5.75 Å². The number of aliphatic carboxylic acids is 1. The minimum atomic E-state index is -1.99. The van der Waals surface area contributed by atoms with Crippen molar-refractivity contribution in [3.05, 3.63) is 35.9 Å². The Bertz CT molecular complexity index is 1550. The van der Waals surface area contributed by atoms with Gasteiger partial charge >= 0.3 is 20.8 Å². The lowest BCUT2D eigenvalue weighted by Gasteiger charge is -2.38. The van der Waals surface area contributed by atoms with E-state index in [1.54, 1.807) is 13.8 Å². The highest BCUT2D eigenvalue weighted by molar-refractivity contribution is 6.77. The van der Waals surface area contributed by atoms with Gasteiger partial charge < -0.3 is 60.5 Å². The first-order valence-electron chi connectivity index (χ1n) is 15.0. The van der Waals surface area contributed by atoms with Crippen LogP contribution in [0.15, 0.2) is 30.4 Å². The maximum atomic E-state index is 13.1. The fraction of sp³-hybridized carbons (Fsp3) is 0.385. The number of aliphatic hydroxyl groups excluding tert-OH is 3. The van der Waals surface area contributed by atoms with Gasteiger partial charge in [0.2, 0.25) is 43.6 Å². The summed E-state index contributed by atoms with van der Waals surface area (Å²) in [6.07, 6.45) is -7.82. The van der Waals surface area contributed by atoms with Gasteiger partial charge in [-0.25, -0.2) is 4.79 Å². The van der Waals surface area contributed by atoms with Gasteiger partial charge in [-0.1, -0.05) is 19.9 Å². The number of ether oxygens (including phenoxy) is 3. The number of anilines is 1. The molecule has 2 aliphatic heterocycles. The Kier molecular flexibility index (Phi) is 13.7. The van der Waals surface area contributed by atoms with E-state index in [1.807, 2.05) is 0 Å². The molecule has 0 radical (unpaired) electrons. The highest BCUT2D eigenvalue weighted by Gasteiger charge is 2.48. The van der Waals surface area contributed by atoms with Crippen molar-refractivity contribution < 1.29 is 73.0 Å². The first-order chi connectivity index (χ1) is 23.5. The van der Waals surface area contributed by atoms with E-state index in [-0.39, 0.29) is 18.0 Å². The Hall–Kier alpha value is -5.18. The van der Waals surface area contributed by atoms with Crippen molar-refractivity contribution in [1.82, 2.24) is 20.6 Å². The average molecular weight is 699 g/mol. The van der Waals surface area contributed by atoms with E-state index < -0.39 is 112 Å². The Morgan fingerprint density at radius 3 is 2.22 bits per heavy atom. The van der Waals surface area contributed by atoms with Gasteiger partial charge in [0.05, 0.1) is 11.6 Å². The number of imide groups is 1. The summed E-state index contributed by atoms with van der Waals surface area (Å²) in [7, 11) is -0.718. The Labute approximate surface area is 286 Å². The number of amides is 6. The lowest BCUT2D eigenvalue weighted by atomic mass is 9.77. The molecule has 6 atom stereocenters. The van der Waals surface area contributed by atoms with Gasteiger partial charge in [0.25, 0.3) is 7.41 Å². The second-order valence-corrected chi connectivity index (χ2v) is 11.3. The lowest BCUT2D eigenvalue weighted by Crippen LogP contribution is -2.61. The quantitative estimate of drug-likeness (QED) is 0.0627. The number of carbonyl (C=O) groups is 8. The summed E-state index contributed by atoms with van der Waals surface area (Å²) in [6.45, 7) is 2.92. The molecular formula is C26H33B4N5O15. The van der Waals surface area contributed by atoms with Crippen molar-refractivity contribution in [2.45, 2.75) is 57.1 Å². The Balaban J connectivity index is 1.74. The van der Waals surface area contributed by atoms with E-state index in [1.165, 1.54) is 18.2 Å². The largest absolute Gasteiger partial charge is 0.479 e. The number of carboxylic acid groups (broad SMARTS) is 1. The molecule has 264 valence electrons. The molecule has 0 saturated carbocycles. The number of aliphatic hydroxyl groups is 3. The molecule has 2 aliphatic rings. The van der Waals surface area contributed by atoms with Crippen LogP contribution in [0.1, 0.15) is 19.4 Å². The van der Waals surface area contributed by atoms with Crippen molar-refractivity contribution >= 4 is 82.9 Å². The van der Waals surface area contributed by atoms with Crippen LogP contribution in [-0.4, -0.2) is 139 Å². The van der Waals surface area contributed by atoms with Crippen LogP contribution in [-0.2, 0) is 40.1 Å². The molecule has 50 heavy (non-hydrogen) atoms. The number of hydrogen-bond acceptors (Lipinski definition) is 14. The molecular weight excluding hydrogens is 666 g/mol. The van der Waals surface area contributed by atoms with E-state index in [0.717, 1.165) is 20.0 Å². The predicted molar refractivity (Wildman–Crippen MR) is 175 cm³/mol. The number of nitrogens with zero attached hydrogens (tertiary/aromatic N) is 1. The summed E-state index contributed by atoms with van der Waals surface area (Å²) in [5, 5.41) is 49.3. The van der Waals surface area contributed by atoms with Crippen LogP contribution in [0.3, 0.4) is 0 Å². The van der Waals surface area contributed by atoms with Gasteiger partial charge in [0, 0.05) is 18.1 Å². The topological polar surface area (TPSA) is 297 Å². The molecule has 0 aliphatic carbocycles. The molecule has 3 rings (SSSR count). The van der Waals surface area contributed by atoms with Crippen LogP contribution in [0.2, 0.25) is 0 Å². The summed E-state index contributed by atoms with van der Waals surface area (Å²) in [5.74, 6) is -9.16. The SMILES string of the molecule is BC(=O)OCc1ccc(O[C@@H]2O[C@H](C(=O)O)[C@@H](O)[C@H](O)[C@H]2O)c(NC(=O)BNC(=O)C(BNC(=O)C(C)C)NC(=O)BN2C(=O)C=CC2=O)c1. The molecule has 1 aromatic rings. The second-order valence-electron chi connectivity index (χ2n) is 11.3. The minimum absolute atomic E-state index is 0.153. The molecule has 20 nitrogen and oxygen atoms in total. The number of rotatable bonds is 15. The van der Waals surface area contributed by atoms with Crippen molar-refractivity contribution in [2.24, 2.45) is 5.92 Å². The third-order valence-corrected chi connectivity index (χ3v) is 7.10. The molecule has 1 unspecified atom stereocenters. The van der Waals surface area contributed by atoms with E-state index in [0.29, 0.717) is 10.4 Å². The predicted octanol–water partition coefficient (Wildman–Crippen LogP) is -5.34. The monoisotopic (exact) mass is 699 g/mol. The maximum Gasteiger partial charge on any atom is 0.355 e. The molecule has 1 saturated heterocycles. The minimum Gasteiger partial charge on any atom is -0.479 e. The van der Waals surface area contributed by atoms with Crippen LogP contribution < -0.4 is 25.8 Å². The van der Waals surface area contributed by atoms with Crippen LogP contribution >= 0.6 is 0 Å². The molecule has 24 heteroatoms. The highest BCUT2D eigenvalue weighted by Crippen LogP contribution is 2.31. The van der Waals surface area contributed by atoms with E-state index in [9.17, 15) is 58.8 Å². The zero-order chi connectivity index (χ0) is 37.3. The molecule has 2 heterocycles. The standard InChI is InChI=1S/C26H33B4N5O15/c1-9(2)20(41)33-28-19(32-26(47)30-35-13(36)5-6-14(35)37)21(42)34-29-25(46)31-11-7-10(8-48-24(27)45)3-4-12(11)49-23-17(40)15(38)16(39)18(50-23)22(43)44/h3-7,9,15-19,23,28-30,38-40H,8,27H2,1-2H3,(H,31,46)(H,32,47)(H,33,41)(H,34,42)(H,43,44)/t15-,16-,17+,18-,19?,23+/m0/s1. The van der Waals surface area contributed by atoms with Gasteiger partial charge in [0.1, 0.15) is 30.7 Å². The Morgan fingerprint density at radius 2 is 1.62 bits per heavy atom. The number of carbonyl (C=O) groups excluding carboxylic acids is 7. The lowest BCUT2D eigenvalue weighted by molar-refractivity contribution is -0.271. The fourth-order valence-corrected chi connectivity index (χ4v) is 4.40. The third-order valence-electron chi connectivity index (χ3n) is 7.10. The number of carboxylic acids is 1. The van der Waals surface area contributed by atoms with Gasteiger partial charge in [-0.15, -0.1) is 0 Å². The fourth-order valence-electron chi connectivity index (χ4n) is 4.40. The zero-order valence-electron chi connectivity index (χ0n) is 27.0. The summed E-state index contributed by atoms with van der Waals surface area (Å²) in [4.78, 5) is 97.9. The Morgan fingerprint density at radius 1 is 0.960 bits per heavy atom. The van der Waals surface area contributed by atoms with Crippen LogP contribution in [0.4, 0.5) is 20.1 Å². The van der Waals surface area contributed by atoms with Crippen LogP contribution in [0.25, 0.3) is 0 Å². The zero-order valence-corrected chi connectivity index (χ0v) is 27.0. The number of nitrogens with one attached hydrogen (secondary N) is 4. The molecule has 8 N–H and O–H groups in total. The maximum absolute atomic E-state index is 13.1. The summed E-state index contributed by atoms with van der Waals surface area (Å²) < 4.78 is 15.7. The molecule has 0 bridgehead atoms. The second kappa shape index (κ2) is 17.5. The normalized spacial score (nSPS) is 21.8. The van der Waals surface area contributed by atoms with Crippen molar-refractivity contribution in [1.29, 1.82) is 0 Å². The van der Waals surface area contributed by atoms with Crippen molar-refractivity contribution in [3.8, 4) is 5.75 Å².